The van der Waals surface area contributed by atoms with Gasteiger partial charge in [-0.25, -0.2) is 0 Å². The Labute approximate surface area is 134 Å². The van der Waals surface area contributed by atoms with Gasteiger partial charge in [0.1, 0.15) is 0 Å². The van der Waals surface area contributed by atoms with E-state index in [4.69, 9.17) is 0 Å². The first-order chi connectivity index (χ1) is 10.8. The van der Waals surface area contributed by atoms with Crippen LogP contribution < -0.4 is 0 Å². The van der Waals surface area contributed by atoms with E-state index in [9.17, 15) is 57.1 Å². The molecular weight excluding hydrogens is 411 g/mol. The van der Waals surface area contributed by atoms with E-state index in [-0.39, 0.29) is 6.61 Å². The molecule has 15 heteroatoms. The quantitative estimate of drug-likeness (QED) is 0.284. The third kappa shape index (κ3) is 4.00. The second-order valence-electron chi connectivity index (χ2n) is 4.58. The molecule has 0 fully saturated rings. The molecule has 0 aliphatic rings. The number of halogens is 13. The molecule has 0 rings (SSSR count). The fourth-order valence-corrected chi connectivity index (χ4v) is 2.11. The van der Waals surface area contributed by atoms with Gasteiger partial charge in [0.25, 0.3) is 0 Å². The third-order valence-electron chi connectivity index (χ3n) is 2.79. The van der Waals surface area contributed by atoms with Crippen LogP contribution in [0.2, 0.25) is 6.04 Å². The molecular formula is C10H9F13OSi. The van der Waals surface area contributed by atoms with Gasteiger partial charge in [0.2, 0.25) is 9.76 Å². The van der Waals surface area contributed by atoms with Crippen molar-refractivity contribution >= 4 is 9.76 Å². The highest BCUT2D eigenvalue weighted by molar-refractivity contribution is 6.27. The highest BCUT2D eigenvalue weighted by Crippen LogP contribution is 2.60. The molecule has 0 aliphatic carbocycles. The zero-order valence-electron chi connectivity index (χ0n) is 11.9. The van der Waals surface area contributed by atoms with Crippen molar-refractivity contribution in [2.75, 3.05) is 6.61 Å². The molecule has 25 heavy (non-hydrogen) atoms. The Hall–Kier alpha value is -0.733. The molecule has 1 nitrogen and oxygen atoms in total. The molecule has 0 saturated carbocycles. The molecule has 0 bridgehead atoms. The van der Waals surface area contributed by atoms with Crippen molar-refractivity contribution in [2.45, 2.75) is 55.2 Å². The summed E-state index contributed by atoms with van der Waals surface area (Å²) in [5.74, 6) is -36.4. The van der Waals surface area contributed by atoms with Gasteiger partial charge in [0.05, 0.1) is 0 Å². The lowest BCUT2D eigenvalue weighted by Gasteiger charge is -2.39. The van der Waals surface area contributed by atoms with E-state index in [1.165, 1.54) is 6.92 Å². The normalized spacial score (nSPS) is 15.6. The predicted octanol–water partition coefficient (Wildman–Crippen LogP) is 5.19. The largest absolute Gasteiger partial charge is 0.460 e. The Morgan fingerprint density at radius 1 is 0.640 bits per heavy atom. The molecule has 0 atom stereocenters. The van der Waals surface area contributed by atoms with Gasteiger partial charge in [-0.2, -0.15) is 57.1 Å². The minimum Gasteiger partial charge on any atom is -0.418 e. The van der Waals surface area contributed by atoms with Gasteiger partial charge in [0, 0.05) is 13.0 Å². The fourth-order valence-electron chi connectivity index (χ4n) is 1.34. The lowest BCUT2D eigenvalue weighted by atomic mass is 9.93. The van der Waals surface area contributed by atoms with Crippen LogP contribution in [0.3, 0.4) is 0 Å². The second kappa shape index (κ2) is 7.11. The summed E-state index contributed by atoms with van der Waals surface area (Å²) in [6.45, 7) is 1.25. The van der Waals surface area contributed by atoms with Crippen LogP contribution in [0.5, 0.6) is 0 Å². The highest BCUT2D eigenvalue weighted by atomic mass is 28.2. The zero-order chi connectivity index (χ0) is 20.5. The zero-order valence-corrected chi connectivity index (χ0v) is 12.9. The SMILES string of the molecule is CCO[Si]CCC(F)(F)C(F)(F)C(F)(F)C(F)(F)C(F)(F)C(F)(F)F. The van der Waals surface area contributed by atoms with E-state index in [1.54, 1.807) is 0 Å². The molecule has 0 heterocycles. The van der Waals surface area contributed by atoms with Gasteiger partial charge < -0.3 is 4.43 Å². The molecule has 150 valence electrons. The monoisotopic (exact) mass is 420 g/mol. The van der Waals surface area contributed by atoms with Crippen LogP contribution in [-0.4, -0.2) is 52.2 Å². The first-order valence-electron chi connectivity index (χ1n) is 6.11. The lowest BCUT2D eigenvalue weighted by molar-refractivity contribution is -0.439. The number of alkyl halides is 13. The summed E-state index contributed by atoms with van der Waals surface area (Å²) >= 11 is 0. The van der Waals surface area contributed by atoms with Crippen molar-refractivity contribution in [1.82, 2.24) is 0 Å². The summed E-state index contributed by atoms with van der Waals surface area (Å²) in [4.78, 5) is 0. The van der Waals surface area contributed by atoms with Gasteiger partial charge in [-0.15, -0.1) is 0 Å². The molecule has 0 aliphatic heterocycles. The van der Waals surface area contributed by atoms with Crippen LogP contribution in [0.15, 0.2) is 0 Å². The number of rotatable bonds is 9. The van der Waals surface area contributed by atoms with Gasteiger partial charge >= 0.3 is 35.8 Å². The molecule has 0 amide bonds. The molecule has 0 saturated heterocycles. The minimum absolute atomic E-state index is 0.0908. The van der Waals surface area contributed by atoms with Gasteiger partial charge in [-0.1, -0.05) is 0 Å². The molecule has 0 N–H and O–H groups in total. The first-order valence-corrected chi connectivity index (χ1v) is 7.23. The van der Waals surface area contributed by atoms with Crippen molar-refractivity contribution in [1.29, 1.82) is 0 Å². The van der Waals surface area contributed by atoms with E-state index in [1.807, 2.05) is 0 Å². The maximum atomic E-state index is 13.2. The van der Waals surface area contributed by atoms with Crippen LogP contribution >= 0.6 is 0 Å². The van der Waals surface area contributed by atoms with Crippen LogP contribution in [0.4, 0.5) is 57.1 Å². The second-order valence-corrected chi connectivity index (χ2v) is 5.65. The standard InChI is InChI=1S/C10H9F13OSi/c1-2-24-25-4-3-5(11,12)6(13,14)7(15,16)8(17,18)9(19,20)10(21,22)23/h2-4H2,1H3. The van der Waals surface area contributed by atoms with E-state index in [0.717, 1.165) is 0 Å². The smallest absolute Gasteiger partial charge is 0.418 e. The summed E-state index contributed by atoms with van der Waals surface area (Å²) in [6.07, 6.45) is -9.59. The van der Waals surface area contributed by atoms with Gasteiger partial charge in [0.15, 0.2) is 0 Å². The Morgan fingerprint density at radius 2 is 1.04 bits per heavy atom. The Bertz CT molecular complexity index is 445. The van der Waals surface area contributed by atoms with Crippen LogP contribution in [-0.2, 0) is 4.43 Å². The Morgan fingerprint density at radius 3 is 1.40 bits per heavy atom. The van der Waals surface area contributed by atoms with Crippen molar-refractivity contribution in [3.63, 3.8) is 0 Å². The molecule has 0 aromatic heterocycles. The Kier molecular flexibility index (Phi) is 6.91. The summed E-state index contributed by atoms with van der Waals surface area (Å²) in [5, 5.41) is 0. The summed E-state index contributed by atoms with van der Waals surface area (Å²) in [7, 11) is -0.939. The van der Waals surface area contributed by atoms with E-state index >= 15 is 0 Å². The molecule has 0 aromatic carbocycles. The lowest BCUT2D eigenvalue weighted by Crippen LogP contribution is -2.70. The minimum atomic E-state index is -7.84. The van der Waals surface area contributed by atoms with Gasteiger partial charge in [-0.05, 0) is 13.0 Å². The van der Waals surface area contributed by atoms with E-state index in [2.05, 4.69) is 4.43 Å². The predicted molar refractivity (Wildman–Crippen MR) is 57.6 cm³/mol. The maximum absolute atomic E-state index is 13.2. The van der Waals surface area contributed by atoms with Crippen molar-refractivity contribution in [2.24, 2.45) is 0 Å². The highest BCUT2D eigenvalue weighted by Gasteiger charge is 2.90. The molecule has 2 radical (unpaired) electrons. The average molecular weight is 420 g/mol. The molecule has 0 aromatic rings. The summed E-state index contributed by atoms with van der Waals surface area (Å²) < 4.78 is 170. The number of hydrogen-bond acceptors (Lipinski definition) is 1. The van der Waals surface area contributed by atoms with Crippen LogP contribution in [0.25, 0.3) is 0 Å². The van der Waals surface area contributed by atoms with E-state index in [0.29, 0.717) is 0 Å². The molecule has 0 spiro atoms. The maximum Gasteiger partial charge on any atom is 0.460 e. The van der Waals surface area contributed by atoms with Crippen molar-refractivity contribution in [3.05, 3.63) is 0 Å². The Balaban J connectivity index is 5.79. The van der Waals surface area contributed by atoms with Crippen molar-refractivity contribution < 1.29 is 61.5 Å². The third-order valence-corrected chi connectivity index (χ3v) is 3.73. The van der Waals surface area contributed by atoms with Crippen molar-refractivity contribution in [3.8, 4) is 0 Å². The fraction of sp³-hybridized carbons (Fsp3) is 1.00. The molecule has 0 unspecified atom stereocenters. The first kappa shape index (κ1) is 24.3. The van der Waals surface area contributed by atoms with Crippen LogP contribution in [0, 0.1) is 0 Å². The van der Waals surface area contributed by atoms with E-state index < -0.39 is 58.0 Å². The summed E-state index contributed by atoms with van der Waals surface area (Å²) in [5.41, 5.74) is 0. The van der Waals surface area contributed by atoms with Gasteiger partial charge in [-0.3, -0.25) is 0 Å². The van der Waals surface area contributed by atoms with Crippen LogP contribution in [0.1, 0.15) is 13.3 Å². The average Bonchev–Trinajstić information content (AvgIpc) is 2.41. The number of hydrogen-bond donors (Lipinski definition) is 0. The topological polar surface area (TPSA) is 9.23 Å². The summed E-state index contributed by atoms with van der Waals surface area (Å²) in [6, 6.07) is -1.05.